The second-order valence-electron chi connectivity index (χ2n) is 7.22. The zero-order valence-corrected chi connectivity index (χ0v) is 20.3. The summed E-state index contributed by atoms with van der Waals surface area (Å²) in [7, 11) is 1.66. The number of thiol groups is 2. The fraction of sp³-hybridized carbons (Fsp3) is 0.167. The van der Waals surface area contributed by atoms with E-state index in [2.05, 4.69) is 40.2 Å². The molecule has 4 aromatic rings. The maximum absolute atomic E-state index is 13.8. The van der Waals surface area contributed by atoms with Gasteiger partial charge in [-0.3, -0.25) is 14.4 Å². The normalized spacial score (nSPS) is 11.4. The van der Waals surface area contributed by atoms with E-state index in [0.717, 1.165) is 5.56 Å². The van der Waals surface area contributed by atoms with Crippen LogP contribution in [0.1, 0.15) is 12.5 Å². The van der Waals surface area contributed by atoms with Crippen LogP contribution in [0.15, 0.2) is 64.5 Å². The first-order valence-electron chi connectivity index (χ1n) is 10.4. The van der Waals surface area contributed by atoms with E-state index in [1.165, 1.54) is 4.57 Å². The SMILES string of the molecule is CCOc1cnc2cc(-c3ccc(N)c(C=NC)c3)c(=O)n(-c3ccc(OC(S)S)cc3)c2n1. The van der Waals surface area contributed by atoms with Crippen molar-refractivity contribution in [1.82, 2.24) is 14.5 Å². The molecule has 10 heteroatoms. The Balaban J connectivity index is 1.97. The van der Waals surface area contributed by atoms with Crippen LogP contribution >= 0.6 is 25.3 Å². The molecule has 0 spiro atoms. The molecule has 2 N–H and O–H groups in total. The third kappa shape index (κ3) is 4.87. The lowest BCUT2D eigenvalue weighted by Gasteiger charge is -2.14. The Morgan fingerprint density at radius 1 is 1.18 bits per heavy atom. The lowest BCUT2D eigenvalue weighted by atomic mass is 10.0. The third-order valence-corrected chi connectivity index (χ3v) is 5.19. The van der Waals surface area contributed by atoms with E-state index in [4.69, 9.17) is 15.2 Å². The minimum Gasteiger partial charge on any atom is -0.477 e. The van der Waals surface area contributed by atoms with Crippen molar-refractivity contribution < 1.29 is 9.47 Å². The monoisotopic (exact) mass is 493 g/mol. The first-order chi connectivity index (χ1) is 16.4. The predicted molar refractivity (Wildman–Crippen MR) is 142 cm³/mol. The number of fused-ring (bicyclic) bond motifs is 1. The number of aliphatic imine (C=N–C) groups is 1. The number of rotatable bonds is 7. The molecule has 2 aromatic heterocycles. The average molecular weight is 494 g/mol. The van der Waals surface area contributed by atoms with Crippen molar-refractivity contribution in [3.8, 4) is 28.4 Å². The highest BCUT2D eigenvalue weighted by Crippen LogP contribution is 2.26. The first kappa shape index (κ1) is 23.7. The van der Waals surface area contributed by atoms with Crippen LogP contribution < -0.4 is 20.8 Å². The molecule has 0 aliphatic heterocycles. The minimum absolute atomic E-state index is 0.269. The summed E-state index contributed by atoms with van der Waals surface area (Å²) in [5.74, 6) is 0.896. The van der Waals surface area contributed by atoms with Crippen molar-refractivity contribution in [2.24, 2.45) is 4.99 Å². The summed E-state index contributed by atoms with van der Waals surface area (Å²) in [5.41, 5.74) is 9.72. The Labute approximate surface area is 207 Å². The molecule has 0 unspecified atom stereocenters. The molecule has 0 aliphatic carbocycles. The van der Waals surface area contributed by atoms with Crippen molar-refractivity contribution in [1.29, 1.82) is 0 Å². The predicted octanol–water partition coefficient (Wildman–Crippen LogP) is 4.00. The summed E-state index contributed by atoms with van der Waals surface area (Å²) < 4.78 is 11.9. The highest BCUT2D eigenvalue weighted by molar-refractivity contribution is 7.98. The van der Waals surface area contributed by atoms with Crippen LogP contribution in [0, 0.1) is 0 Å². The van der Waals surface area contributed by atoms with Gasteiger partial charge in [0.05, 0.1) is 18.5 Å². The summed E-state index contributed by atoms with van der Waals surface area (Å²) >= 11 is 8.24. The zero-order valence-electron chi connectivity index (χ0n) is 18.5. The fourth-order valence-corrected chi connectivity index (χ4v) is 3.75. The molecular weight excluding hydrogens is 470 g/mol. The van der Waals surface area contributed by atoms with Crippen molar-refractivity contribution in [3.05, 3.63) is 70.6 Å². The number of nitrogens with zero attached hydrogens (tertiary/aromatic N) is 4. The number of benzene rings is 2. The lowest BCUT2D eigenvalue weighted by Crippen LogP contribution is -2.22. The van der Waals surface area contributed by atoms with Crippen molar-refractivity contribution >= 4 is 48.3 Å². The highest BCUT2D eigenvalue weighted by Gasteiger charge is 2.16. The van der Waals surface area contributed by atoms with Crippen molar-refractivity contribution in [2.45, 2.75) is 11.7 Å². The molecule has 4 rings (SSSR count). The quantitative estimate of drug-likeness (QED) is 0.156. The number of anilines is 1. The van der Waals surface area contributed by atoms with Gasteiger partial charge in [0.15, 0.2) is 10.4 Å². The van der Waals surface area contributed by atoms with Crippen LogP contribution in [0.3, 0.4) is 0 Å². The van der Waals surface area contributed by atoms with Crippen LogP contribution in [0.25, 0.3) is 28.0 Å². The molecule has 8 nitrogen and oxygen atoms in total. The Bertz CT molecular complexity index is 1420. The molecule has 174 valence electrons. The van der Waals surface area contributed by atoms with Gasteiger partial charge in [-0.05, 0) is 55.0 Å². The largest absolute Gasteiger partial charge is 0.477 e. The molecule has 0 saturated heterocycles. The zero-order chi connectivity index (χ0) is 24.2. The molecule has 0 radical (unpaired) electrons. The number of nitrogens with two attached hydrogens (primary N) is 1. The number of aromatic nitrogens is 3. The standard InChI is InChI=1S/C24H23N5O3S2/c1-3-31-21-13-27-20-11-18(14-4-9-19(25)15(10-14)12-26-2)23(30)29(22(20)28-21)16-5-7-17(8-6-16)32-24(33)34/h4-13,24,33-34H,3,25H2,1-2H3. The second-order valence-corrected chi connectivity index (χ2v) is 8.56. The highest BCUT2D eigenvalue weighted by atomic mass is 32.2. The van der Waals surface area contributed by atoms with Gasteiger partial charge in [0.1, 0.15) is 11.3 Å². The van der Waals surface area contributed by atoms with Gasteiger partial charge >= 0.3 is 0 Å². The van der Waals surface area contributed by atoms with Gasteiger partial charge < -0.3 is 15.2 Å². The van der Waals surface area contributed by atoms with Gasteiger partial charge in [-0.1, -0.05) is 6.07 Å². The van der Waals surface area contributed by atoms with Gasteiger partial charge in [0.25, 0.3) is 5.56 Å². The van der Waals surface area contributed by atoms with Crippen LogP contribution in [0.2, 0.25) is 0 Å². The summed E-state index contributed by atoms with van der Waals surface area (Å²) in [6.07, 6.45) is 3.19. The second kappa shape index (κ2) is 10.2. The van der Waals surface area contributed by atoms with E-state index in [-0.39, 0.29) is 5.56 Å². The Morgan fingerprint density at radius 2 is 1.94 bits per heavy atom. The molecule has 0 amide bonds. The van der Waals surface area contributed by atoms with Gasteiger partial charge in [-0.2, -0.15) is 4.98 Å². The summed E-state index contributed by atoms with van der Waals surface area (Å²) in [6, 6.07) is 14.1. The van der Waals surface area contributed by atoms with Crippen molar-refractivity contribution in [2.75, 3.05) is 19.4 Å². The van der Waals surface area contributed by atoms with E-state index < -0.39 is 4.77 Å². The van der Waals surface area contributed by atoms with Gasteiger partial charge in [0, 0.05) is 30.1 Å². The summed E-state index contributed by atoms with van der Waals surface area (Å²) in [6.45, 7) is 2.28. The Morgan fingerprint density at radius 3 is 2.62 bits per heavy atom. The summed E-state index contributed by atoms with van der Waals surface area (Å²) in [4.78, 5) is 26.9. The van der Waals surface area contributed by atoms with Gasteiger partial charge in [-0.15, -0.1) is 25.3 Å². The molecule has 34 heavy (non-hydrogen) atoms. The Hall–Kier alpha value is -3.50. The molecule has 2 aromatic carbocycles. The number of hydrogen-bond donors (Lipinski definition) is 3. The van der Waals surface area contributed by atoms with E-state index >= 15 is 0 Å². The molecule has 2 heterocycles. The molecule has 0 bridgehead atoms. The molecule has 0 fully saturated rings. The third-order valence-electron chi connectivity index (χ3n) is 4.98. The first-order valence-corrected chi connectivity index (χ1v) is 11.5. The lowest BCUT2D eigenvalue weighted by molar-refractivity contribution is 0.326. The maximum atomic E-state index is 13.8. The van der Waals surface area contributed by atoms with Crippen LogP contribution in [0.4, 0.5) is 5.69 Å². The Kier molecular flexibility index (Phi) is 7.09. The number of pyridine rings is 1. The fourth-order valence-electron chi connectivity index (χ4n) is 3.51. The minimum atomic E-state index is -0.566. The smallest absolute Gasteiger partial charge is 0.264 e. The molecule has 0 saturated carbocycles. The number of nitrogen functional groups attached to an aromatic ring is 1. The van der Waals surface area contributed by atoms with E-state index in [1.54, 1.807) is 61.9 Å². The van der Waals surface area contributed by atoms with Crippen LogP contribution in [0.5, 0.6) is 11.6 Å². The van der Waals surface area contributed by atoms with E-state index in [1.807, 2.05) is 13.0 Å². The van der Waals surface area contributed by atoms with Gasteiger partial charge in [-0.25, -0.2) is 4.98 Å². The average Bonchev–Trinajstić information content (AvgIpc) is 2.81. The maximum Gasteiger partial charge on any atom is 0.264 e. The molecule has 0 aliphatic rings. The van der Waals surface area contributed by atoms with Crippen LogP contribution in [-0.4, -0.2) is 39.2 Å². The molecular formula is C24H23N5O3S2. The number of hydrogen-bond acceptors (Lipinski definition) is 9. The molecule has 0 atom stereocenters. The topological polar surface area (TPSA) is 105 Å². The van der Waals surface area contributed by atoms with E-state index in [0.29, 0.717) is 51.9 Å². The van der Waals surface area contributed by atoms with E-state index in [9.17, 15) is 4.79 Å². The summed E-state index contributed by atoms with van der Waals surface area (Å²) in [5, 5.41) is 0. The number of ether oxygens (including phenoxy) is 2. The van der Waals surface area contributed by atoms with Gasteiger partial charge in [0.2, 0.25) is 5.88 Å². The van der Waals surface area contributed by atoms with Crippen molar-refractivity contribution in [3.63, 3.8) is 0 Å². The van der Waals surface area contributed by atoms with Crippen LogP contribution in [-0.2, 0) is 0 Å².